The maximum absolute atomic E-state index is 11.6. The van der Waals surface area contributed by atoms with Crippen molar-refractivity contribution >= 4 is 0 Å². The zero-order valence-electron chi connectivity index (χ0n) is 7.45. The van der Waals surface area contributed by atoms with Crippen molar-refractivity contribution in [2.75, 3.05) is 19.6 Å². The lowest BCUT2D eigenvalue weighted by atomic mass is 10.4. The number of alkyl halides is 3. The zero-order valence-corrected chi connectivity index (χ0v) is 7.45. The van der Waals surface area contributed by atoms with Crippen molar-refractivity contribution in [3.05, 3.63) is 0 Å². The molecule has 1 fully saturated rings. The Balaban J connectivity index is 1.78. The summed E-state index contributed by atoms with van der Waals surface area (Å²) in [5.74, 6) is 0. The number of hydrogen-bond donors (Lipinski definition) is 2. The summed E-state index contributed by atoms with van der Waals surface area (Å²) in [6, 6.07) is 0.641. The van der Waals surface area contributed by atoms with Gasteiger partial charge in [-0.15, -0.1) is 0 Å². The molecule has 0 bridgehead atoms. The minimum atomic E-state index is -4.08. The first-order chi connectivity index (χ1) is 6.08. The van der Waals surface area contributed by atoms with Gasteiger partial charge in [-0.25, -0.2) is 0 Å². The molecule has 1 aliphatic carbocycles. The van der Waals surface area contributed by atoms with Gasteiger partial charge in [-0.05, 0) is 32.4 Å². The molecule has 13 heavy (non-hydrogen) atoms. The van der Waals surface area contributed by atoms with Gasteiger partial charge in [0.05, 0.1) is 6.54 Å². The van der Waals surface area contributed by atoms with Crippen LogP contribution in [0.4, 0.5) is 13.2 Å². The van der Waals surface area contributed by atoms with Gasteiger partial charge >= 0.3 is 6.18 Å². The normalized spacial score (nSPS) is 17.8. The lowest BCUT2D eigenvalue weighted by Gasteiger charge is -2.07. The van der Waals surface area contributed by atoms with Crippen LogP contribution in [0.25, 0.3) is 0 Å². The van der Waals surface area contributed by atoms with Crippen LogP contribution in [0.2, 0.25) is 0 Å². The average Bonchev–Trinajstić information content (AvgIpc) is 2.77. The Labute approximate surface area is 75.9 Å². The van der Waals surface area contributed by atoms with Crippen molar-refractivity contribution in [3.63, 3.8) is 0 Å². The van der Waals surface area contributed by atoms with Gasteiger partial charge < -0.3 is 10.6 Å². The molecular weight excluding hydrogens is 181 g/mol. The molecule has 78 valence electrons. The maximum Gasteiger partial charge on any atom is 0.401 e. The van der Waals surface area contributed by atoms with E-state index >= 15 is 0 Å². The highest BCUT2D eigenvalue weighted by molar-refractivity contribution is 4.80. The Bertz CT molecular complexity index is 143. The monoisotopic (exact) mass is 196 g/mol. The summed E-state index contributed by atoms with van der Waals surface area (Å²) < 4.78 is 34.9. The molecule has 0 radical (unpaired) electrons. The molecule has 0 unspecified atom stereocenters. The van der Waals surface area contributed by atoms with Gasteiger partial charge in [0.25, 0.3) is 0 Å². The van der Waals surface area contributed by atoms with Gasteiger partial charge in [0.15, 0.2) is 0 Å². The second kappa shape index (κ2) is 4.81. The van der Waals surface area contributed by atoms with E-state index in [-0.39, 0.29) is 0 Å². The molecule has 0 saturated heterocycles. The van der Waals surface area contributed by atoms with Crippen LogP contribution in [0.1, 0.15) is 19.3 Å². The van der Waals surface area contributed by atoms with E-state index in [1.807, 2.05) is 0 Å². The van der Waals surface area contributed by atoms with Crippen LogP contribution in [0.3, 0.4) is 0 Å². The minimum Gasteiger partial charge on any atom is -0.314 e. The average molecular weight is 196 g/mol. The molecule has 0 aliphatic heterocycles. The largest absolute Gasteiger partial charge is 0.401 e. The molecule has 5 heteroatoms. The van der Waals surface area contributed by atoms with E-state index in [2.05, 4.69) is 10.6 Å². The van der Waals surface area contributed by atoms with E-state index in [1.165, 1.54) is 12.8 Å². The van der Waals surface area contributed by atoms with Gasteiger partial charge in [-0.1, -0.05) is 0 Å². The topological polar surface area (TPSA) is 24.1 Å². The summed E-state index contributed by atoms with van der Waals surface area (Å²) in [7, 11) is 0. The fourth-order valence-corrected chi connectivity index (χ4v) is 1.04. The summed E-state index contributed by atoms with van der Waals surface area (Å²) in [6.45, 7) is 0.366. The maximum atomic E-state index is 11.6. The van der Waals surface area contributed by atoms with Crippen LogP contribution in [-0.2, 0) is 0 Å². The molecule has 2 N–H and O–H groups in total. The molecule has 0 aromatic heterocycles. The number of halogens is 3. The third-order valence-electron chi connectivity index (χ3n) is 1.87. The molecule has 0 atom stereocenters. The van der Waals surface area contributed by atoms with E-state index in [0.717, 1.165) is 13.0 Å². The van der Waals surface area contributed by atoms with E-state index in [4.69, 9.17) is 0 Å². The van der Waals surface area contributed by atoms with Crippen molar-refractivity contribution in [3.8, 4) is 0 Å². The lowest BCUT2D eigenvalue weighted by Crippen LogP contribution is -2.31. The van der Waals surface area contributed by atoms with Crippen molar-refractivity contribution in [1.29, 1.82) is 0 Å². The summed E-state index contributed by atoms with van der Waals surface area (Å²) in [6.07, 6.45) is -0.886. The molecule has 0 spiro atoms. The Kier molecular flexibility index (Phi) is 3.99. The highest BCUT2D eigenvalue weighted by Crippen LogP contribution is 2.18. The third-order valence-corrected chi connectivity index (χ3v) is 1.87. The molecular formula is C8H15F3N2. The van der Waals surface area contributed by atoms with E-state index in [1.54, 1.807) is 0 Å². The van der Waals surface area contributed by atoms with Crippen LogP contribution in [0.15, 0.2) is 0 Å². The second-order valence-corrected chi connectivity index (χ2v) is 3.37. The van der Waals surface area contributed by atoms with Crippen molar-refractivity contribution < 1.29 is 13.2 Å². The Morgan fingerprint density at radius 3 is 2.38 bits per heavy atom. The second-order valence-electron chi connectivity index (χ2n) is 3.37. The molecule has 2 nitrogen and oxygen atoms in total. The highest BCUT2D eigenvalue weighted by Gasteiger charge is 2.25. The van der Waals surface area contributed by atoms with Gasteiger partial charge in [0.2, 0.25) is 0 Å². The first kappa shape index (κ1) is 10.8. The summed E-state index contributed by atoms with van der Waals surface area (Å²) in [5, 5.41) is 5.59. The Hall–Kier alpha value is -0.290. The van der Waals surface area contributed by atoms with Gasteiger partial charge in [0.1, 0.15) is 0 Å². The molecule has 1 aliphatic rings. The molecule has 1 saturated carbocycles. The van der Waals surface area contributed by atoms with Gasteiger partial charge in [-0.3, -0.25) is 0 Å². The lowest BCUT2D eigenvalue weighted by molar-refractivity contribution is -0.124. The SMILES string of the molecule is FC(F)(F)CNCCCNC1CC1. The smallest absolute Gasteiger partial charge is 0.314 e. The first-order valence-corrected chi connectivity index (χ1v) is 4.59. The third kappa shape index (κ3) is 6.83. The van der Waals surface area contributed by atoms with Crippen molar-refractivity contribution in [1.82, 2.24) is 10.6 Å². The zero-order chi connectivity index (χ0) is 9.73. The minimum absolute atomic E-state index is 0.430. The number of nitrogens with one attached hydrogen (secondary N) is 2. The summed E-state index contributed by atoms with van der Waals surface area (Å²) in [5.41, 5.74) is 0. The van der Waals surface area contributed by atoms with Crippen LogP contribution in [0.5, 0.6) is 0 Å². The van der Waals surface area contributed by atoms with Crippen LogP contribution < -0.4 is 10.6 Å². The molecule has 0 aromatic rings. The predicted octanol–water partition coefficient (Wildman–Crippen LogP) is 1.28. The Morgan fingerprint density at radius 2 is 1.85 bits per heavy atom. The quantitative estimate of drug-likeness (QED) is 0.625. The Morgan fingerprint density at radius 1 is 1.15 bits per heavy atom. The van der Waals surface area contributed by atoms with E-state index in [9.17, 15) is 13.2 Å². The highest BCUT2D eigenvalue weighted by atomic mass is 19.4. The van der Waals surface area contributed by atoms with Crippen LogP contribution >= 0.6 is 0 Å². The standard InChI is InChI=1S/C8H15F3N2/c9-8(10,11)6-12-4-1-5-13-7-2-3-7/h7,12-13H,1-6H2. The fourth-order valence-electron chi connectivity index (χ4n) is 1.04. The van der Waals surface area contributed by atoms with Crippen molar-refractivity contribution in [2.45, 2.75) is 31.5 Å². The summed E-state index contributed by atoms with van der Waals surface area (Å²) >= 11 is 0. The fraction of sp³-hybridized carbons (Fsp3) is 1.00. The molecule has 0 heterocycles. The summed E-state index contributed by atoms with van der Waals surface area (Å²) in [4.78, 5) is 0. The molecule has 1 rings (SSSR count). The first-order valence-electron chi connectivity index (χ1n) is 4.59. The van der Waals surface area contributed by atoms with E-state index in [0.29, 0.717) is 12.6 Å². The van der Waals surface area contributed by atoms with Gasteiger partial charge in [-0.2, -0.15) is 13.2 Å². The number of rotatable bonds is 6. The number of hydrogen-bond acceptors (Lipinski definition) is 2. The molecule has 0 aromatic carbocycles. The van der Waals surface area contributed by atoms with Crippen LogP contribution in [-0.4, -0.2) is 31.9 Å². The van der Waals surface area contributed by atoms with Crippen molar-refractivity contribution in [2.24, 2.45) is 0 Å². The predicted molar refractivity (Wildman–Crippen MR) is 44.6 cm³/mol. The molecule has 0 amide bonds. The van der Waals surface area contributed by atoms with E-state index < -0.39 is 12.7 Å². The van der Waals surface area contributed by atoms with Crippen LogP contribution in [0, 0.1) is 0 Å². The van der Waals surface area contributed by atoms with Gasteiger partial charge in [0, 0.05) is 6.04 Å².